The molecule has 0 spiro atoms. The summed E-state index contributed by atoms with van der Waals surface area (Å²) >= 11 is 0. The van der Waals surface area contributed by atoms with Crippen molar-refractivity contribution in [2.24, 2.45) is 5.92 Å². The molecule has 1 unspecified atom stereocenters. The summed E-state index contributed by atoms with van der Waals surface area (Å²) in [4.78, 5) is 9.03. The van der Waals surface area contributed by atoms with Crippen molar-refractivity contribution in [3.63, 3.8) is 0 Å². The Morgan fingerprint density at radius 2 is 1.94 bits per heavy atom. The van der Waals surface area contributed by atoms with Gasteiger partial charge in [0.05, 0.1) is 0 Å². The quantitative estimate of drug-likeness (QED) is 0.840. The fraction of sp³-hybridized carbons (Fsp3) is 0.714. The lowest BCUT2D eigenvalue weighted by Crippen LogP contribution is -2.20. The maximum absolute atomic E-state index is 5.97. The Morgan fingerprint density at radius 3 is 2.50 bits per heavy atom. The predicted octanol–water partition coefficient (Wildman–Crippen LogP) is 3.09. The highest BCUT2D eigenvalue weighted by atomic mass is 15.1. The van der Waals surface area contributed by atoms with E-state index < -0.39 is 0 Å². The van der Waals surface area contributed by atoms with Crippen molar-refractivity contribution < 1.29 is 0 Å². The van der Waals surface area contributed by atoms with Gasteiger partial charge in [-0.3, -0.25) is 0 Å². The molecule has 1 aromatic heterocycles. The fourth-order valence-corrected chi connectivity index (χ4v) is 2.22. The lowest BCUT2D eigenvalue weighted by molar-refractivity contribution is 0.538. The second-order valence-corrected chi connectivity index (χ2v) is 5.89. The standard InChI is InChI=1S/C14H24N4/c1-8(2)7-9(3)16-13-10(4)12(15)17-14(18-13)11-5-6-11/h8-9,11H,5-7H2,1-4H3,(H3,15,16,17,18). The van der Waals surface area contributed by atoms with Gasteiger partial charge in [0.1, 0.15) is 17.5 Å². The lowest BCUT2D eigenvalue weighted by Gasteiger charge is -2.19. The Morgan fingerprint density at radius 1 is 1.28 bits per heavy atom. The van der Waals surface area contributed by atoms with Crippen LogP contribution in [0.25, 0.3) is 0 Å². The van der Waals surface area contributed by atoms with Crippen LogP contribution in [0.3, 0.4) is 0 Å². The van der Waals surface area contributed by atoms with Gasteiger partial charge in [0.15, 0.2) is 0 Å². The van der Waals surface area contributed by atoms with Crippen LogP contribution < -0.4 is 11.1 Å². The van der Waals surface area contributed by atoms with Gasteiger partial charge in [0, 0.05) is 17.5 Å². The van der Waals surface area contributed by atoms with Gasteiger partial charge in [-0.2, -0.15) is 0 Å². The molecule has 0 amide bonds. The fourth-order valence-electron chi connectivity index (χ4n) is 2.22. The number of hydrogen-bond acceptors (Lipinski definition) is 4. The SMILES string of the molecule is Cc1c(N)nc(C2CC2)nc1NC(C)CC(C)C. The minimum Gasteiger partial charge on any atom is -0.383 e. The van der Waals surface area contributed by atoms with Gasteiger partial charge in [0.25, 0.3) is 0 Å². The molecular weight excluding hydrogens is 224 g/mol. The molecule has 1 heterocycles. The van der Waals surface area contributed by atoms with E-state index in [9.17, 15) is 0 Å². The number of nitrogens with zero attached hydrogens (tertiary/aromatic N) is 2. The van der Waals surface area contributed by atoms with Crippen molar-refractivity contribution in [3.05, 3.63) is 11.4 Å². The van der Waals surface area contributed by atoms with Crippen LogP contribution in [0.15, 0.2) is 0 Å². The van der Waals surface area contributed by atoms with Crippen LogP contribution in [0.2, 0.25) is 0 Å². The molecule has 0 saturated heterocycles. The molecule has 1 aliphatic rings. The molecule has 0 bridgehead atoms. The molecule has 3 N–H and O–H groups in total. The van der Waals surface area contributed by atoms with E-state index in [0.717, 1.165) is 23.6 Å². The molecule has 1 fully saturated rings. The van der Waals surface area contributed by atoms with E-state index in [1.165, 1.54) is 12.8 Å². The molecule has 0 aromatic carbocycles. The van der Waals surface area contributed by atoms with Crippen LogP contribution in [0, 0.1) is 12.8 Å². The minimum atomic E-state index is 0.407. The topological polar surface area (TPSA) is 63.8 Å². The zero-order valence-electron chi connectivity index (χ0n) is 11.8. The van der Waals surface area contributed by atoms with E-state index in [0.29, 0.717) is 23.7 Å². The van der Waals surface area contributed by atoms with E-state index in [-0.39, 0.29) is 0 Å². The number of rotatable bonds is 5. The van der Waals surface area contributed by atoms with E-state index in [4.69, 9.17) is 5.73 Å². The molecule has 0 radical (unpaired) electrons. The van der Waals surface area contributed by atoms with Gasteiger partial charge in [-0.1, -0.05) is 13.8 Å². The first kappa shape index (κ1) is 13.1. The van der Waals surface area contributed by atoms with E-state index in [1.54, 1.807) is 0 Å². The summed E-state index contributed by atoms with van der Waals surface area (Å²) in [5.41, 5.74) is 6.94. The maximum atomic E-state index is 5.97. The first-order valence-corrected chi connectivity index (χ1v) is 6.88. The molecule has 0 aliphatic heterocycles. The second kappa shape index (κ2) is 5.12. The molecule has 1 aliphatic carbocycles. The minimum absolute atomic E-state index is 0.407. The number of nitrogens with one attached hydrogen (secondary N) is 1. The summed E-state index contributed by atoms with van der Waals surface area (Å²) in [6, 6.07) is 0.407. The largest absolute Gasteiger partial charge is 0.383 e. The molecule has 2 rings (SSSR count). The zero-order chi connectivity index (χ0) is 13.3. The summed E-state index contributed by atoms with van der Waals surface area (Å²) in [7, 11) is 0. The van der Waals surface area contributed by atoms with Crippen LogP contribution in [0.4, 0.5) is 11.6 Å². The predicted molar refractivity (Wildman–Crippen MR) is 75.7 cm³/mol. The maximum Gasteiger partial charge on any atom is 0.136 e. The number of nitrogens with two attached hydrogens (primary N) is 1. The number of aromatic nitrogens is 2. The molecule has 18 heavy (non-hydrogen) atoms. The van der Waals surface area contributed by atoms with Gasteiger partial charge < -0.3 is 11.1 Å². The molecule has 1 saturated carbocycles. The molecule has 1 atom stereocenters. The van der Waals surface area contributed by atoms with E-state index in [1.807, 2.05) is 6.92 Å². The highest BCUT2D eigenvalue weighted by Gasteiger charge is 2.28. The third-order valence-electron chi connectivity index (χ3n) is 3.35. The van der Waals surface area contributed by atoms with Gasteiger partial charge in [-0.05, 0) is 39.0 Å². The van der Waals surface area contributed by atoms with Gasteiger partial charge in [0.2, 0.25) is 0 Å². The summed E-state index contributed by atoms with van der Waals surface area (Å²) in [6.45, 7) is 8.63. The Labute approximate surface area is 109 Å². The van der Waals surface area contributed by atoms with Crippen molar-refractivity contribution in [3.8, 4) is 0 Å². The zero-order valence-corrected chi connectivity index (χ0v) is 11.8. The number of hydrogen-bond donors (Lipinski definition) is 2. The molecule has 1 aromatic rings. The van der Waals surface area contributed by atoms with Crippen LogP contribution >= 0.6 is 0 Å². The Kier molecular flexibility index (Phi) is 3.73. The number of anilines is 2. The van der Waals surface area contributed by atoms with E-state index >= 15 is 0 Å². The van der Waals surface area contributed by atoms with Crippen LogP contribution in [-0.4, -0.2) is 16.0 Å². The van der Waals surface area contributed by atoms with Crippen molar-refractivity contribution >= 4 is 11.6 Å². The van der Waals surface area contributed by atoms with Crippen molar-refractivity contribution in [1.82, 2.24) is 9.97 Å². The highest BCUT2D eigenvalue weighted by Crippen LogP contribution is 2.39. The first-order chi connectivity index (χ1) is 8.47. The summed E-state index contributed by atoms with van der Waals surface area (Å²) < 4.78 is 0. The molecule has 100 valence electrons. The van der Waals surface area contributed by atoms with Gasteiger partial charge in [-0.25, -0.2) is 9.97 Å². The van der Waals surface area contributed by atoms with Gasteiger partial charge >= 0.3 is 0 Å². The van der Waals surface area contributed by atoms with E-state index in [2.05, 4.69) is 36.1 Å². The third-order valence-corrected chi connectivity index (χ3v) is 3.35. The van der Waals surface area contributed by atoms with Crippen LogP contribution in [0.1, 0.15) is 57.3 Å². The van der Waals surface area contributed by atoms with Crippen molar-refractivity contribution in [2.45, 2.75) is 58.9 Å². The monoisotopic (exact) mass is 248 g/mol. The number of nitrogen functional groups attached to an aromatic ring is 1. The normalized spacial score (nSPS) is 16.9. The first-order valence-electron chi connectivity index (χ1n) is 6.88. The van der Waals surface area contributed by atoms with Gasteiger partial charge in [-0.15, -0.1) is 0 Å². The second-order valence-electron chi connectivity index (χ2n) is 5.89. The molecular formula is C14H24N4. The summed E-state index contributed by atoms with van der Waals surface area (Å²) in [5.74, 6) is 3.66. The van der Waals surface area contributed by atoms with Crippen molar-refractivity contribution in [1.29, 1.82) is 0 Å². The lowest BCUT2D eigenvalue weighted by atomic mass is 10.1. The van der Waals surface area contributed by atoms with Crippen molar-refractivity contribution in [2.75, 3.05) is 11.1 Å². The average Bonchev–Trinajstić information content (AvgIpc) is 3.06. The summed E-state index contributed by atoms with van der Waals surface area (Å²) in [5, 5.41) is 3.47. The Balaban J connectivity index is 2.15. The third kappa shape index (κ3) is 3.12. The highest BCUT2D eigenvalue weighted by molar-refractivity contribution is 5.55. The van der Waals surface area contributed by atoms with Crippen LogP contribution in [0.5, 0.6) is 0 Å². The molecule has 4 heteroatoms. The Hall–Kier alpha value is -1.32. The molecule has 4 nitrogen and oxygen atoms in total. The smallest absolute Gasteiger partial charge is 0.136 e. The average molecular weight is 248 g/mol. The van der Waals surface area contributed by atoms with Crippen LogP contribution in [-0.2, 0) is 0 Å². The summed E-state index contributed by atoms with van der Waals surface area (Å²) in [6.07, 6.45) is 3.52. The Bertz CT molecular complexity index is 424.